The quantitative estimate of drug-likeness (QED) is 0.662. The van der Waals surface area contributed by atoms with Crippen LogP contribution in [0.4, 0.5) is 5.82 Å². The Labute approximate surface area is 93.2 Å². The van der Waals surface area contributed by atoms with E-state index in [9.17, 15) is 4.79 Å². The molecular formula is C10H13N3O3. The Balaban J connectivity index is 2.17. The average Bonchev–Trinajstić information content (AvgIpc) is 2.39. The maximum Gasteiger partial charge on any atom is 0.356 e. The molecule has 6 nitrogen and oxygen atoms in total. The molecule has 0 bridgehead atoms. The Hall–Kier alpha value is -1.69. The molecule has 0 amide bonds. The van der Waals surface area contributed by atoms with Gasteiger partial charge in [0.1, 0.15) is 12.1 Å². The van der Waals surface area contributed by atoms with Gasteiger partial charge in [-0.2, -0.15) is 0 Å². The van der Waals surface area contributed by atoms with Gasteiger partial charge in [-0.15, -0.1) is 0 Å². The number of nitrogens with zero attached hydrogens (tertiary/aromatic N) is 3. The molecule has 2 rings (SSSR count). The largest absolute Gasteiger partial charge is 0.464 e. The van der Waals surface area contributed by atoms with Gasteiger partial charge in [-0.25, -0.2) is 14.8 Å². The van der Waals surface area contributed by atoms with Crippen LogP contribution < -0.4 is 4.90 Å². The number of esters is 1. The molecule has 16 heavy (non-hydrogen) atoms. The number of carbonyl (C=O) groups is 1. The van der Waals surface area contributed by atoms with E-state index in [1.807, 2.05) is 0 Å². The summed E-state index contributed by atoms with van der Waals surface area (Å²) < 4.78 is 9.85. The van der Waals surface area contributed by atoms with Gasteiger partial charge in [0.2, 0.25) is 0 Å². The Morgan fingerprint density at radius 3 is 2.88 bits per heavy atom. The summed E-state index contributed by atoms with van der Waals surface area (Å²) in [5, 5.41) is 0. The monoisotopic (exact) mass is 223 g/mol. The van der Waals surface area contributed by atoms with Crippen molar-refractivity contribution in [1.82, 2.24) is 9.97 Å². The SMILES string of the molecule is COC(=O)c1cc(N2CCOCC2)ncn1. The van der Waals surface area contributed by atoms with Crippen molar-refractivity contribution >= 4 is 11.8 Å². The molecule has 1 saturated heterocycles. The summed E-state index contributed by atoms with van der Waals surface area (Å²) in [5.41, 5.74) is 0.277. The van der Waals surface area contributed by atoms with Crippen LogP contribution in [0.1, 0.15) is 10.5 Å². The molecule has 0 saturated carbocycles. The van der Waals surface area contributed by atoms with E-state index in [-0.39, 0.29) is 5.69 Å². The van der Waals surface area contributed by atoms with Gasteiger partial charge in [-0.3, -0.25) is 0 Å². The maximum atomic E-state index is 11.3. The van der Waals surface area contributed by atoms with Crippen LogP contribution >= 0.6 is 0 Å². The van der Waals surface area contributed by atoms with Crippen molar-refractivity contribution in [3.63, 3.8) is 0 Å². The molecule has 0 radical (unpaired) electrons. The van der Waals surface area contributed by atoms with Gasteiger partial charge >= 0.3 is 5.97 Å². The number of ether oxygens (including phenoxy) is 2. The molecule has 0 aromatic carbocycles. The Morgan fingerprint density at radius 1 is 1.44 bits per heavy atom. The summed E-state index contributed by atoms with van der Waals surface area (Å²) in [7, 11) is 1.33. The van der Waals surface area contributed by atoms with Crippen LogP contribution in [0.25, 0.3) is 0 Å². The fourth-order valence-corrected chi connectivity index (χ4v) is 1.53. The highest BCUT2D eigenvalue weighted by Gasteiger charge is 2.15. The zero-order chi connectivity index (χ0) is 11.4. The molecule has 0 unspecified atom stereocenters. The van der Waals surface area contributed by atoms with E-state index in [4.69, 9.17) is 4.74 Å². The lowest BCUT2D eigenvalue weighted by Crippen LogP contribution is -2.36. The van der Waals surface area contributed by atoms with Crippen molar-refractivity contribution in [2.24, 2.45) is 0 Å². The summed E-state index contributed by atoms with van der Waals surface area (Å²) in [6.07, 6.45) is 1.37. The van der Waals surface area contributed by atoms with Crippen molar-refractivity contribution in [1.29, 1.82) is 0 Å². The van der Waals surface area contributed by atoms with E-state index in [0.29, 0.717) is 13.2 Å². The topological polar surface area (TPSA) is 64.5 Å². The molecule has 1 aromatic rings. The predicted octanol–water partition coefficient (Wildman–Crippen LogP) is 0.0998. The van der Waals surface area contributed by atoms with E-state index < -0.39 is 5.97 Å². The second kappa shape index (κ2) is 4.89. The van der Waals surface area contributed by atoms with Crippen molar-refractivity contribution in [2.75, 3.05) is 38.3 Å². The Bertz CT molecular complexity index is 377. The smallest absolute Gasteiger partial charge is 0.356 e. The minimum atomic E-state index is -0.447. The first-order chi connectivity index (χ1) is 7.81. The number of methoxy groups -OCH3 is 1. The Kier molecular flexibility index (Phi) is 3.31. The molecule has 0 atom stereocenters. The fourth-order valence-electron chi connectivity index (χ4n) is 1.53. The lowest BCUT2D eigenvalue weighted by atomic mass is 10.3. The minimum Gasteiger partial charge on any atom is -0.464 e. The third-order valence-electron chi connectivity index (χ3n) is 2.38. The van der Waals surface area contributed by atoms with Gasteiger partial charge in [-0.1, -0.05) is 0 Å². The highest BCUT2D eigenvalue weighted by Crippen LogP contribution is 2.13. The van der Waals surface area contributed by atoms with Gasteiger partial charge in [0.05, 0.1) is 20.3 Å². The number of hydrogen-bond donors (Lipinski definition) is 0. The lowest BCUT2D eigenvalue weighted by molar-refractivity contribution is 0.0594. The van der Waals surface area contributed by atoms with Gasteiger partial charge in [0.25, 0.3) is 0 Å². The summed E-state index contributed by atoms with van der Waals surface area (Å²) in [5.74, 6) is 0.288. The van der Waals surface area contributed by atoms with Crippen LogP contribution in [0.15, 0.2) is 12.4 Å². The summed E-state index contributed by atoms with van der Waals surface area (Å²) in [4.78, 5) is 21.3. The van der Waals surface area contributed by atoms with E-state index in [2.05, 4.69) is 19.6 Å². The number of aromatic nitrogens is 2. The molecule has 0 N–H and O–H groups in total. The molecule has 2 heterocycles. The van der Waals surface area contributed by atoms with Crippen LogP contribution in [0.5, 0.6) is 0 Å². The molecule has 1 fully saturated rings. The highest BCUT2D eigenvalue weighted by atomic mass is 16.5. The third kappa shape index (κ3) is 2.27. The molecular weight excluding hydrogens is 210 g/mol. The number of hydrogen-bond acceptors (Lipinski definition) is 6. The van der Waals surface area contributed by atoms with Crippen LogP contribution in [-0.2, 0) is 9.47 Å². The van der Waals surface area contributed by atoms with Crippen LogP contribution in [0.2, 0.25) is 0 Å². The van der Waals surface area contributed by atoms with Crippen molar-refractivity contribution in [2.45, 2.75) is 0 Å². The van der Waals surface area contributed by atoms with E-state index in [0.717, 1.165) is 18.9 Å². The summed E-state index contributed by atoms with van der Waals surface area (Å²) in [6.45, 7) is 2.91. The standard InChI is InChI=1S/C10H13N3O3/c1-15-10(14)8-6-9(12-7-11-8)13-2-4-16-5-3-13/h6-7H,2-5H2,1H3. The first-order valence-corrected chi connectivity index (χ1v) is 5.04. The minimum absolute atomic E-state index is 0.277. The first kappa shape index (κ1) is 10.8. The Morgan fingerprint density at radius 2 is 2.19 bits per heavy atom. The van der Waals surface area contributed by atoms with Crippen molar-refractivity contribution in [3.8, 4) is 0 Å². The highest BCUT2D eigenvalue weighted by molar-refractivity contribution is 5.87. The first-order valence-electron chi connectivity index (χ1n) is 5.04. The second-order valence-corrected chi connectivity index (χ2v) is 3.35. The zero-order valence-electron chi connectivity index (χ0n) is 9.05. The third-order valence-corrected chi connectivity index (χ3v) is 2.38. The van der Waals surface area contributed by atoms with Crippen molar-refractivity contribution in [3.05, 3.63) is 18.1 Å². The van der Waals surface area contributed by atoms with Crippen LogP contribution in [-0.4, -0.2) is 49.4 Å². The average molecular weight is 223 g/mol. The van der Waals surface area contributed by atoms with Gasteiger partial charge in [-0.05, 0) is 0 Å². The van der Waals surface area contributed by atoms with Crippen LogP contribution in [0, 0.1) is 0 Å². The maximum absolute atomic E-state index is 11.3. The molecule has 1 aliphatic rings. The van der Waals surface area contributed by atoms with Gasteiger partial charge in [0.15, 0.2) is 5.69 Å². The molecule has 0 aliphatic carbocycles. The van der Waals surface area contributed by atoms with E-state index in [1.165, 1.54) is 13.4 Å². The second-order valence-electron chi connectivity index (χ2n) is 3.35. The van der Waals surface area contributed by atoms with Crippen molar-refractivity contribution < 1.29 is 14.3 Å². The van der Waals surface area contributed by atoms with Gasteiger partial charge in [0, 0.05) is 19.2 Å². The number of carbonyl (C=O) groups excluding carboxylic acids is 1. The zero-order valence-corrected chi connectivity index (χ0v) is 9.05. The summed E-state index contributed by atoms with van der Waals surface area (Å²) >= 11 is 0. The van der Waals surface area contributed by atoms with Gasteiger partial charge < -0.3 is 14.4 Å². The molecule has 86 valence electrons. The molecule has 1 aliphatic heterocycles. The van der Waals surface area contributed by atoms with E-state index >= 15 is 0 Å². The fraction of sp³-hybridized carbons (Fsp3) is 0.500. The summed E-state index contributed by atoms with van der Waals surface area (Å²) in [6, 6.07) is 1.64. The molecule has 6 heteroatoms. The number of morpholine rings is 1. The van der Waals surface area contributed by atoms with Crippen LogP contribution in [0.3, 0.4) is 0 Å². The lowest BCUT2D eigenvalue weighted by Gasteiger charge is -2.27. The normalized spacial score (nSPS) is 15.9. The predicted molar refractivity (Wildman–Crippen MR) is 56.4 cm³/mol. The van der Waals surface area contributed by atoms with E-state index in [1.54, 1.807) is 6.07 Å². The number of anilines is 1. The molecule has 0 spiro atoms. The number of rotatable bonds is 2. The molecule has 1 aromatic heterocycles.